The predicted molar refractivity (Wildman–Crippen MR) is 280 cm³/mol. The highest BCUT2D eigenvalue weighted by Crippen LogP contribution is 2.53. The lowest BCUT2D eigenvalue weighted by Gasteiger charge is -2.21. The minimum atomic E-state index is -0.192. The van der Waals surface area contributed by atoms with Gasteiger partial charge >= 0.3 is 0 Å². The first-order valence-electron chi connectivity index (χ1n) is 23.6. The highest BCUT2D eigenvalue weighted by atomic mass is 15.2. The lowest BCUT2D eigenvalue weighted by molar-refractivity contribution is 0.661. The third-order valence-corrected chi connectivity index (χ3v) is 15.2. The Morgan fingerprint density at radius 1 is 0.309 bits per heavy atom. The van der Waals surface area contributed by atoms with Gasteiger partial charge in [-0.3, -0.25) is 4.57 Å². The highest BCUT2D eigenvalue weighted by Gasteiger charge is 2.38. The molecular weight excluding hydrogens is 827 g/mol. The fraction of sp³-hybridized carbons (Fsp3) is 0.0952. The molecule has 0 spiro atoms. The topological polar surface area (TPSA) is 48.5 Å². The molecule has 0 saturated heterocycles. The van der Waals surface area contributed by atoms with Crippen molar-refractivity contribution < 1.29 is 0 Å². The smallest absolute Gasteiger partial charge is 0.238 e. The molecule has 5 nitrogen and oxygen atoms in total. The van der Waals surface area contributed by atoms with Gasteiger partial charge in [0, 0.05) is 49.2 Å². The number of fused-ring (bicyclic) bond motifs is 12. The molecule has 0 fully saturated rings. The van der Waals surface area contributed by atoms with Crippen LogP contribution in [-0.2, 0) is 10.8 Å². The van der Waals surface area contributed by atoms with Crippen LogP contribution in [0.2, 0.25) is 0 Å². The number of rotatable bonds is 5. The molecule has 0 unspecified atom stereocenters. The third kappa shape index (κ3) is 5.47. The first-order chi connectivity index (χ1) is 33.2. The summed E-state index contributed by atoms with van der Waals surface area (Å²) in [6, 6.07) is 72.8. The van der Waals surface area contributed by atoms with Gasteiger partial charge in [-0.1, -0.05) is 167 Å². The number of aromatic nitrogens is 5. The molecule has 0 atom stereocenters. The van der Waals surface area contributed by atoms with Crippen molar-refractivity contribution >= 4 is 43.6 Å². The van der Waals surface area contributed by atoms with Crippen molar-refractivity contribution in [1.82, 2.24) is 24.1 Å². The largest absolute Gasteiger partial charge is 0.309 e. The van der Waals surface area contributed by atoms with E-state index >= 15 is 0 Å². The second kappa shape index (κ2) is 14.1. The van der Waals surface area contributed by atoms with Gasteiger partial charge in [0.05, 0.1) is 22.1 Å². The van der Waals surface area contributed by atoms with E-state index in [2.05, 4.69) is 201 Å². The van der Waals surface area contributed by atoms with E-state index in [9.17, 15) is 0 Å². The molecule has 322 valence electrons. The molecule has 5 heteroatoms. The standard InChI is InChI=1S/C63H45N5/c1-62(2)51-26-16-14-24-43(51)45-34-49-47-32-40(28-30-55(47)67(57(49)36-53(45)62)42-22-12-7-13-23-42)41-29-31-56-48(33-41)50-35-46-44-25-15-17-27-52(44)63(3,4)54(46)37-58(50)68(56)61-65-59(38-18-8-5-9-19-38)64-60(66-61)39-20-10-6-11-21-39/h5-37H,1-4H3. The summed E-state index contributed by atoms with van der Waals surface area (Å²) in [5, 5.41) is 4.80. The number of benzene rings is 9. The highest BCUT2D eigenvalue weighted by molar-refractivity contribution is 6.15. The summed E-state index contributed by atoms with van der Waals surface area (Å²) in [6.07, 6.45) is 0. The molecule has 0 radical (unpaired) electrons. The number of hydrogen-bond acceptors (Lipinski definition) is 3. The SMILES string of the molecule is CC1(C)c2ccccc2-c2cc3c4cc(-c5ccc6c(c5)c5cc7c(cc5n6-c5nc(-c6ccccc6)nc(-c6ccccc6)n5)C(C)(C)c5ccccc5-7)ccc4n(-c4ccccc4)c3cc21. The summed E-state index contributed by atoms with van der Waals surface area (Å²) in [7, 11) is 0. The van der Waals surface area contributed by atoms with E-state index in [1.165, 1.54) is 71.9 Å². The van der Waals surface area contributed by atoms with Gasteiger partial charge in [0.2, 0.25) is 5.95 Å². The summed E-state index contributed by atoms with van der Waals surface area (Å²) >= 11 is 0. The summed E-state index contributed by atoms with van der Waals surface area (Å²) in [5.74, 6) is 1.86. The zero-order valence-electron chi connectivity index (χ0n) is 38.3. The van der Waals surface area contributed by atoms with Crippen molar-refractivity contribution in [3.05, 3.63) is 222 Å². The van der Waals surface area contributed by atoms with Gasteiger partial charge in [-0.2, -0.15) is 9.97 Å². The maximum atomic E-state index is 5.30. The fourth-order valence-electron chi connectivity index (χ4n) is 11.8. The number of hydrogen-bond donors (Lipinski definition) is 0. The van der Waals surface area contributed by atoms with Crippen LogP contribution in [0.4, 0.5) is 0 Å². The van der Waals surface area contributed by atoms with Crippen LogP contribution in [0.1, 0.15) is 49.9 Å². The molecule has 2 aliphatic carbocycles. The first kappa shape index (κ1) is 38.8. The van der Waals surface area contributed by atoms with Crippen LogP contribution >= 0.6 is 0 Å². The van der Waals surface area contributed by atoms with Gasteiger partial charge in [-0.15, -0.1) is 0 Å². The second-order valence-electron chi connectivity index (χ2n) is 19.7. The Balaban J connectivity index is 1.02. The molecule has 0 bridgehead atoms. The van der Waals surface area contributed by atoms with Gasteiger partial charge in [0.1, 0.15) is 0 Å². The van der Waals surface area contributed by atoms with Crippen molar-refractivity contribution in [2.24, 2.45) is 0 Å². The summed E-state index contributed by atoms with van der Waals surface area (Å²) in [4.78, 5) is 15.7. The summed E-state index contributed by atoms with van der Waals surface area (Å²) in [6.45, 7) is 9.42. The van der Waals surface area contributed by atoms with Crippen LogP contribution in [-0.4, -0.2) is 24.1 Å². The van der Waals surface area contributed by atoms with Crippen molar-refractivity contribution in [3.8, 4) is 67.8 Å². The Morgan fingerprint density at radius 2 is 0.721 bits per heavy atom. The van der Waals surface area contributed by atoms with Crippen LogP contribution in [0.15, 0.2) is 200 Å². The molecule has 14 rings (SSSR count). The van der Waals surface area contributed by atoms with E-state index in [4.69, 9.17) is 15.0 Å². The van der Waals surface area contributed by atoms with Crippen LogP contribution < -0.4 is 0 Å². The van der Waals surface area contributed by atoms with E-state index < -0.39 is 0 Å². The van der Waals surface area contributed by atoms with E-state index in [1.54, 1.807) is 0 Å². The summed E-state index contributed by atoms with van der Waals surface area (Å²) < 4.78 is 4.72. The Kier molecular flexibility index (Phi) is 8.02. The molecule has 3 heterocycles. The number of nitrogens with zero attached hydrogens (tertiary/aromatic N) is 5. The third-order valence-electron chi connectivity index (χ3n) is 15.2. The zero-order valence-corrected chi connectivity index (χ0v) is 38.3. The average molecular weight is 872 g/mol. The van der Waals surface area contributed by atoms with Crippen LogP contribution in [0.3, 0.4) is 0 Å². The second-order valence-corrected chi connectivity index (χ2v) is 19.7. The molecule has 0 aliphatic heterocycles. The minimum absolute atomic E-state index is 0.108. The molecule has 12 aromatic rings. The minimum Gasteiger partial charge on any atom is -0.309 e. The first-order valence-corrected chi connectivity index (χ1v) is 23.6. The van der Waals surface area contributed by atoms with Crippen molar-refractivity contribution in [1.29, 1.82) is 0 Å². The fourth-order valence-corrected chi connectivity index (χ4v) is 11.8. The molecule has 0 saturated carbocycles. The lowest BCUT2D eigenvalue weighted by Crippen LogP contribution is -2.15. The Hall–Kier alpha value is -8.41. The van der Waals surface area contributed by atoms with Gasteiger partial charge in [-0.05, 0) is 116 Å². The van der Waals surface area contributed by atoms with E-state index in [0.29, 0.717) is 17.6 Å². The van der Waals surface area contributed by atoms with Gasteiger partial charge in [0.15, 0.2) is 11.6 Å². The normalized spacial score (nSPS) is 14.1. The summed E-state index contributed by atoms with van der Waals surface area (Å²) in [5.41, 5.74) is 20.2. The van der Waals surface area contributed by atoms with Crippen molar-refractivity contribution in [2.75, 3.05) is 0 Å². The van der Waals surface area contributed by atoms with Crippen LogP contribution in [0, 0.1) is 0 Å². The molecule has 3 aromatic heterocycles. The molecular formula is C63H45N5. The molecule has 68 heavy (non-hydrogen) atoms. The van der Waals surface area contributed by atoms with Crippen LogP contribution in [0.5, 0.6) is 0 Å². The van der Waals surface area contributed by atoms with Gasteiger partial charge < -0.3 is 4.57 Å². The quantitative estimate of drug-likeness (QED) is 0.173. The maximum absolute atomic E-state index is 5.30. The van der Waals surface area contributed by atoms with Crippen LogP contribution in [0.25, 0.3) is 111 Å². The van der Waals surface area contributed by atoms with Crippen molar-refractivity contribution in [3.63, 3.8) is 0 Å². The molecule has 9 aromatic carbocycles. The van der Waals surface area contributed by atoms with Gasteiger partial charge in [-0.25, -0.2) is 4.98 Å². The van der Waals surface area contributed by atoms with Gasteiger partial charge in [0.25, 0.3) is 0 Å². The van der Waals surface area contributed by atoms with E-state index in [1.807, 2.05) is 36.4 Å². The van der Waals surface area contributed by atoms with Crippen molar-refractivity contribution in [2.45, 2.75) is 38.5 Å². The molecule has 2 aliphatic rings. The predicted octanol–water partition coefficient (Wildman–Crippen LogP) is 15.7. The molecule has 0 N–H and O–H groups in total. The maximum Gasteiger partial charge on any atom is 0.238 e. The Morgan fingerprint density at radius 3 is 1.22 bits per heavy atom. The van der Waals surface area contributed by atoms with E-state index in [-0.39, 0.29) is 10.8 Å². The zero-order chi connectivity index (χ0) is 45.5. The Bertz CT molecular complexity index is 4010. The Labute approximate surface area is 394 Å². The average Bonchev–Trinajstić information content (AvgIpc) is 4.03. The molecule has 0 amide bonds. The number of para-hydroxylation sites is 1. The lowest BCUT2D eigenvalue weighted by atomic mass is 9.82. The monoisotopic (exact) mass is 871 g/mol. The van der Waals surface area contributed by atoms with E-state index in [0.717, 1.165) is 44.2 Å².